The van der Waals surface area contributed by atoms with Gasteiger partial charge in [-0.2, -0.15) is 11.8 Å². The maximum Gasteiger partial charge on any atom is 0.312 e. The Morgan fingerprint density at radius 2 is 2.30 bits per heavy atom. The molecular formula is C13H25N3O3S. The van der Waals surface area contributed by atoms with Crippen molar-refractivity contribution in [2.75, 3.05) is 31.7 Å². The minimum absolute atomic E-state index is 0.0551. The van der Waals surface area contributed by atoms with Crippen LogP contribution in [-0.4, -0.2) is 59.7 Å². The molecule has 0 aromatic rings. The Hall–Kier alpha value is -0.950. The second kappa shape index (κ2) is 9.07. The summed E-state index contributed by atoms with van der Waals surface area (Å²) in [6.07, 6.45) is 5.27. The van der Waals surface area contributed by atoms with E-state index in [1.807, 2.05) is 6.26 Å². The molecule has 0 spiro atoms. The lowest BCUT2D eigenvalue weighted by Gasteiger charge is -2.35. The number of hydrogen-bond donors (Lipinski definition) is 3. The average Bonchev–Trinajstić information content (AvgIpc) is 2.43. The molecule has 1 heterocycles. The van der Waals surface area contributed by atoms with E-state index in [0.29, 0.717) is 18.9 Å². The molecule has 0 radical (unpaired) electrons. The van der Waals surface area contributed by atoms with E-state index in [0.717, 1.165) is 31.6 Å². The van der Waals surface area contributed by atoms with Gasteiger partial charge in [-0.3, -0.25) is 4.79 Å². The minimum Gasteiger partial charge on any atom is -0.396 e. The van der Waals surface area contributed by atoms with E-state index < -0.39 is 12.1 Å². The maximum absolute atomic E-state index is 12.5. The number of carbonyl (C=O) groups is 2. The van der Waals surface area contributed by atoms with Gasteiger partial charge in [0.05, 0.1) is 0 Å². The fourth-order valence-electron chi connectivity index (χ4n) is 2.57. The number of nitrogens with zero attached hydrogens (tertiary/aromatic N) is 1. The van der Waals surface area contributed by atoms with Crippen molar-refractivity contribution in [1.82, 2.24) is 10.2 Å². The third-order valence-electron chi connectivity index (χ3n) is 3.59. The molecule has 3 amide bonds. The standard InChI is InChI=1S/C13H25N3O3S/c1-20-8-5-11(15-13(14)19)12(18)16-6-2-3-10(9-16)4-7-17/h10-11,17H,2-9H2,1H3,(H3,14,15,19). The van der Waals surface area contributed by atoms with Gasteiger partial charge in [0.15, 0.2) is 0 Å². The first-order valence-electron chi connectivity index (χ1n) is 7.03. The van der Waals surface area contributed by atoms with Gasteiger partial charge in [-0.15, -0.1) is 0 Å². The van der Waals surface area contributed by atoms with Crippen molar-refractivity contribution >= 4 is 23.7 Å². The van der Waals surface area contributed by atoms with E-state index in [4.69, 9.17) is 10.8 Å². The maximum atomic E-state index is 12.5. The molecule has 0 aromatic heterocycles. The summed E-state index contributed by atoms with van der Waals surface area (Å²) in [4.78, 5) is 25.3. The first-order valence-corrected chi connectivity index (χ1v) is 8.42. The Kier molecular flexibility index (Phi) is 7.76. The highest BCUT2D eigenvalue weighted by molar-refractivity contribution is 7.98. The summed E-state index contributed by atoms with van der Waals surface area (Å²) in [6, 6.07) is -1.19. The molecule has 4 N–H and O–H groups in total. The molecule has 2 atom stereocenters. The molecule has 0 bridgehead atoms. The van der Waals surface area contributed by atoms with Gasteiger partial charge in [0.25, 0.3) is 0 Å². The highest BCUT2D eigenvalue weighted by Gasteiger charge is 2.29. The third kappa shape index (κ3) is 5.58. The first-order chi connectivity index (χ1) is 9.58. The number of rotatable bonds is 7. The number of urea groups is 1. The zero-order chi connectivity index (χ0) is 15.0. The number of hydrogen-bond acceptors (Lipinski definition) is 4. The number of carbonyl (C=O) groups excluding carboxylic acids is 2. The number of aliphatic hydroxyl groups is 1. The molecule has 2 unspecified atom stereocenters. The summed E-state index contributed by atoms with van der Waals surface area (Å²) in [7, 11) is 0. The van der Waals surface area contributed by atoms with E-state index in [1.54, 1.807) is 16.7 Å². The van der Waals surface area contributed by atoms with Crippen LogP contribution in [-0.2, 0) is 4.79 Å². The van der Waals surface area contributed by atoms with Gasteiger partial charge < -0.3 is 21.1 Å². The topological polar surface area (TPSA) is 95.7 Å². The number of nitrogens with two attached hydrogens (primary N) is 1. The number of primary amides is 1. The molecule has 0 saturated carbocycles. The lowest BCUT2D eigenvalue weighted by molar-refractivity contribution is -0.135. The molecule has 6 nitrogen and oxygen atoms in total. The highest BCUT2D eigenvalue weighted by atomic mass is 32.2. The van der Waals surface area contributed by atoms with E-state index in [1.165, 1.54) is 0 Å². The van der Waals surface area contributed by atoms with Crippen LogP contribution in [0.3, 0.4) is 0 Å². The van der Waals surface area contributed by atoms with Crippen LogP contribution in [0, 0.1) is 5.92 Å². The van der Waals surface area contributed by atoms with Gasteiger partial charge in [-0.25, -0.2) is 4.79 Å². The van der Waals surface area contributed by atoms with E-state index in [-0.39, 0.29) is 12.5 Å². The predicted molar refractivity (Wildman–Crippen MR) is 80.5 cm³/mol. The highest BCUT2D eigenvalue weighted by Crippen LogP contribution is 2.20. The number of likely N-dealkylation sites (tertiary alicyclic amines) is 1. The van der Waals surface area contributed by atoms with Crippen LogP contribution in [0.15, 0.2) is 0 Å². The van der Waals surface area contributed by atoms with E-state index in [9.17, 15) is 9.59 Å². The van der Waals surface area contributed by atoms with Crippen LogP contribution in [0.25, 0.3) is 0 Å². The van der Waals surface area contributed by atoms with Gasteiger partial charge in [-0.1, -0.05) is 0 Å². The van der Waals surface area contributed by atoms with Crippen molar-refractivity contribution in [1.29, 1.82) is 0 Å². The van der Waals surface area contributed by atoms with Crippen LogP contribution in [0.5, 0.6) is 0 Å². The van der Waals surface area contributed by atoms with Crippen molar-refractivity contribution in [3.63, 3.8) is 0 Å². The Balaban J connectivity index is 2.59. The Labute approximate surface area is 124 Å². The van der Waals surface area contributed by atoms with Crippen molar-refractivity contribution in [3.8, 4) is 0 Å². The van der Waals surface area contributed by atoms with Crippen LogP contribution in [0.1, 0.15) is 25.7 Å². The molecule has 7 heteroatoms. The molecule has 116 valence electrons. The van der Waals surface area contributed by atoms with E-state index >= 15 is 0 Å². The molecule has 1 saturated heterocycles. The fraction of sp³-hybridized carbons (Fsp3) is 0.846. The van der Waals surface area contributed by atoms with Gasteiger partial charge in [0.1, 0.15) is 6.04 Å². The van der Waals surface area contributed by atoms with Crippen molar-refractivity contribution in [3.05, 3.63) is 0 Å². The SMILES string of the molecule is CSCCC(NC(N)=O)C(=O)N1CCCC(CCO)C1. The van der Waals surface area contributed by atoms with Gasteiger partial charge >= 0.3 is 6.03 Å². The Morgan fingerprint density at radius 3 is 2.90 bits per heavy atom. The molecule has 0 aliphatic carbocycles. The smallest absolute Gasteiger partial charge is 0.312 e. The van der Waals surface area contributed by atoms with Crippen LogP contribution < -0.4 is 11.1 Å². The zero-order valence-corrected chi connectivity index (χ0v) is 12.8. The predicted octanol–water partition coefficient (Wildman–Crippen LogP) is 0.397. The summed E-state index contributed by atoms with van der Waals surface area (Å²) < 4.78 is 0. The average molecular weight is 303 g/mol. The second-order valence-electron chi connectivity index (χ2n) is 5.15. The van der Waals surface area contributed by atoms with Gasteiger partial charge in [-0.05, 0) is 43.6 Å². The zero-order valence-electron chi connectivity index (χ0n) is 12.0. The normalized spacial score (nSPS) is 20.5. The number of thioether (sulfide) groups is 1. The summed E-state index contributed by atoms with van der Waals surface area (Å²) >= 11 is 1.63. The Morgan fingerprint density at radius 1 is 1.55 bits per heavy atom. The van der Waals surface area contributed by atoms with E-state index in [2.05, 4.69) is 5.32 Å². The molecule has 1 aliphatic heterocycles. The number of aliphatic hydroxyl groups excluding tert-OH is 1. The minimum atomic E-state index is -0.659. The number of piperidine rings is 1. The molecule has 0 aromatic carbocycles. The molecule has 1 rings (SSSR count). The van der Waals surface area contributed by atoms with Gasteiger partial charge in [0.2, 0.25) is 5.91 Å². The lowest BCUT2D eigenvalue weighted by atomic mass is 9.94. The largest absolute Gasteiger partial charge is 0.396 e. The van der Waals surface area contributed by atoms with Crippen LogP contribution in [0.2, 0.25) is 0 Å². The number of amides is 3. The van der Waals surface area contributed by atoms with Crippen LogP contribution in [0.4, 0.5) is 4.79 Å². The second-order valence-corrected chi connectivity index (χ2v) is 6.13. The monoisotopic (exact) mass is 303 g/mol. The molecule has 1 fully saturated rings. The number of nitrogens with one attached hydrogen (secondary N) is 1. The van der Waals surface area contributed by atoms with Crippen molar-refractivity contribution in [2.45, 2.75) is 31.7 Å². The summed E-state index contributed by atoms with van der Waals surface area (Å²) in [6.45, 7) is 1.54. The molecule has 1 aliphatic rings. The summed E-state index contributed by atoms with van der Waals surface area (Å²) in [5, 5.41) is 11.6. The Bertz CT molecular complexity index is 326. The lowest BCUT2D eigenvalue weighted by Crippen LogP contribution is -2.52. The first kappa shape index (κ1) is 17.1. The quantitative estimate of drug-likeness (QED) is 0.634. The third-order valence-corrected chi connectivity index (χ3v) is 4.24. The van der Waals surface area contributed by atoms with Crippen molar-refractivity contribution in [2.24, 2.45) is 11.7 Å². The summed E-state index contributed by atoms with van der Waals surface area (Å²) in [5.41, 5.74) is 5.15. The molecule has 20 heavy (non-hydrogen) atoms. The fourth-order valence-corrected chi connectivity index (χ4v) is 3.04. The van der Waals surface area contributed by atoms with Crippen LogP contribution >= 0.6 is 11.8 Å². The van der Waals surface area contributed by atoms with Crippen molar-refractivity contribution < 1.29 is 14.7 Å². The summed E-state index contributed by atoms with van der Waals surface area (Å²) in [5.74, 6) is 1.10. The molecular weight excluding hydrogens is 278 g/mol. The van der Waals surface area contributed by atoms with Gasteiger partial charge in [0, 0.05) is 19.7 Å².